The third-order valence-corrected chi connectivity index (χ3v) is 4.82. The van der Waals surface area contributed by atoms with Gasteiger partial charge in [-0.25, -0.2) is 4.79 Å². The summed E-state index contributed by atoms with van der Waals surface area (Å²) in [5.74, 6) is -0.262. The molecule has 0 radical (unpaired) electrons. The van der Waals surface area contributed by atoms with Crippen LogP contribution in [0.5, 0.6) is 17.2 Å². The predicted octanol–water partition coefficient (Wildman–Crippen LogP) is 2.21. The van der Waals surface area contributed by atoms with E-state index in [0.29, 0.717) is 29.2 Å². The van der Waals surface area contributed by atoms with Crippen LogP contribution in [-0.4, -0.2) is 32.3 Å². The number of pyridine rings is 1. The number of carbonyl (C=O) groups is 1. The minimum atomic E-state index is -0.787. The van der Waals surface area contributed by atoms with Gasteiger partial charge < -0.3 is 29.7 Å². The SMILES string of the molecule is CCCc1cc2c(c(=O)[nH]1)C(c1ccc(OC)c(OC)c1)C(C(=O)OC)=C(N)O2. The second-order valence-corrected chi connectivity index (χ2v) is 6.57. The van der Waals surface area contributed by atoms with Crippen molar-refractivity contribution in [2.24, 2.45) is 5.73 Å². The molecule has 154 valence electrons. The molecule has 3 N–H and O–H groups in total. The number of carbonyl (C=O) groups excluding carboxylic acids is 1. The number of H-pyrrole nitrogens is 1. The number of aryl methyl sites for hydroxylation is 1. The number of esters is 1. The molecule has 2 aromatic rings. The van der Waals surface area contributed by atoms with Crippen LogP contribution in [0.4, 0.5) is 0 Å². The highest BCUT2D eigenvalue weighted by molar-refractivity contribution is 5.92. The van der Waals surface area contributed by atoms with Crippen LogP contribution in [0, 0.1) is 0 Å². The number of ether oxygens (including phenoxy) is 4. The van der Waals surface area contributed by atoms with E-state index in [1.54, 1.807) is 24.3 Å². The van der Waals surface area contributed by atoms with Crippen molar-refractivity contribution in [3.8, 4) is 17.2 Å². The van der Waals surface area contributed by atoms with Crippen molar-refractivity contribution in [1.82, 2.24) is 4.98 Å². The minimum Gasteiger partial charge on any atom is -0.493 e. The van der Waals surface area contributed by atoms with E-state index in [1.165, 1.54) is 21.3 Å². The fraction of sp³-hybridized carbons (Fsp3) is 0.333. The molecule has 1 aromatic heterocycles. The van der Waals surface area contributed by atoms with Gasteiger partial charge in [0.25, 0.3) is 5.56 Å². The Morgan fingerprint density at radius 2 is 1.90 bits per heavy atom. The number of rotatable bonds is 6. The average molecular weight is 400 g/mol. The van der Waals surface area contributed by atoms with Crippen LogP contribution in [0.25, 0.3) is 0 Å². The standard InChI is InChI=1S/C21H24N2O6/c1-5-6-12-10-15-17(20(24)23-12)16(18(19(22)29-15)21(25)28-4)11-7-8-13(26-2)14(9-11)27-3/h7-10,16H,5-6,22H2,1-4H3,(H,23,24). The zero-order valence-corrected chi connectivity index (χ0v) is 16.8. The topological polar surface area (TPSA) is 113 Å². The molecule has 8 nitrogen and oxygen atoms in total. The van der Waals surface area contributed by atoms with Crippen molar-refractivity contribution in [3.05, 3.63) is 62.9 Å². The quantitative estimate of drug-likeness (QED) is 0.715. The van der Waals surface area contributed by atoms with E-state index in [-0.39, 0.29) is 22.6 Å². The summed E-state index contributed by atoms with van der Waals surface area (Å²) in [6, 6.07) is 6.90. The summed E-state index contributed by atoms with van der Waals surface area (Å²) in [6.07, 6.45) is 1.53. The molecule has 8 heteroatoms. The molecule has 29 heavy (non-hydrogen) atoms. The number of methoxy groups -OCH3 is 3. The highest BCUT2D eigenvalue weighted by atomic mass is 16.5. The number of aromatic nitrogens is 1. The van der Waals surface area contributed by atoms with Crippen molar-refractivity contribution in [2.75, 3.05) is 21.3 Å². The van der Waals surface area contributed by atoms with Crippen LogP contribution in [0.1, 0.15) is 36.1 Å². The Kier molecular flexibility index (Phi) is 5.81. The summed E-state index contributed by atoms with van der Waals surface area (Å²) < 4.78 is 21.2. The van der Waals surface area contributed by atoms with Crippen molar-refractivity contribution in [3.63, 3.8) is 0 Å². The molecule has 1 aliphatic rings. The highest BCUT2D eigenvalue weighted by Crippen LogP contribution is 2.43. The molecule has 2 heterocycles. The first-order chi connectivity index (χ1) is 13.9. The number of nitrogens with two attached hydrogens (primary N) is 1. The van der Waals surface area contributed by atoms with Gasteiger partial charge in [0.1, 0.15) is 11.3 Å². The molecule has 0 aliphatic carbocycles. The van der Waals surface area contributed by atoms with E-state index in [2.05, 4.69) is 4.98 Å². The molecule has 0 fully saturated rings. The number of benzene rings is 1. The maximum absolute atomic E-state index is 13.0. The lowest BCUT2D eigenvalue weighted by Gasteiger charge is -2.28. The lowest BCUT2D eigenvalue weighted by atomic mass is 9.83. The molecule has 1 unspecified atom stereocenters. The molecule has 1 aromatic carbocycles. The first kappa shape index (κ1) is 20.3. The summed E-state index contributed by atoms with van der Waals surface area (Å²) in [5.41, 5.74) is 7.43. The number of fused-ring (bicyclic) bond motifs is 1. The van der Waals surface area contributed by atoms with Gasteiger partial charge in [-0.15, -0.1) is 0 Å². The summed E-state index contributed by atoms with van der Waals surface area (Å²) in [7, 11) is 4.28. The molecule has 1 atom stereocenters. The maximum atomic E-state index is 13.0. The third kappa shape index (κ3) is 3.65. The number of hydrogen-bond donors (Lipinski definition) is 2. The van der Waals surface area contributed by atoms with Crippen molar-refractivity contribution in [1.29, 1.82) is 0 Å². The molecule has 0 bridgehead atoms. The second-order valence-electron chi connectivity index (χ2n) is 6.57. The minimum absolute atomic E-state index is 0.0564. The summed E-state index contributed by atoms with van der Waals surface area (Å²) in [5, 5.41) is 0. The molecular formula is C21H24N2O6. The Morgan fingerprint density at radius 3 is 2.52 bits per heavy atom. The molecule has 0 amide bonds. The largest absolute Gasteiger partial charge is 0.493 e. The summed E-state index contributed by atoms with van der Waals surface area (Å²) in [6.45, 7) is 2.01. The summed E-state index contributed by atoms with van der Waals surface area (Å²) >= 11 is 0. The van der Waals surface area contributed by atoms with E-state index in [1.807, 2.05) is 6.92 Å². The fourth-order valence-electron chi connectivity index (χ4n) is 3.51. The van der Waals surface area contributed by atoms with Crippen molar-refractivity contribution in [2.45, 2.75) is 25.7 Å². The van der Waals surface area contributed by atoms with Gasteiger partial charge in [0.05, 0.1) is 32.8 Å². The Labute approximate surface area is 168 Å². The van der Waals surface area contributed by atoms with Gasteiger partial charge in [0, 0.05) is 11.8 Å². The first-order valence-corrected chi connectivity index (χ1v) is 9.18. The normalized spacial score (nSPS) is 15.4. The molecule has 0 saturated carbocycles. The second kappa shape index (κ2) is 8.30. The van der Waals surface area contributed by atoms with Gasteiger partial charge in [-0.2, -0.15) is 0 Å². The van der Waals surface area contributed by atoms with E-state index in [4.69, 9.17) is 24.7 Å². The molecule has 0 spiro atoms. The number of aromatic amines is 1. The van der Waals surface area contributed by atoms with Crippen LogP contribution in [0.2, 0.25) is 0 Å². The maximum Gasteiger partial charge on any atom is 0.340 e. The third-order valence-electron chi connectivity index (χ3n) is 4.82. The predicted molar refractivity (Wildman–Crippen MR) is 106 cm³/mol. The van der Waals surface area contributed by atoms with Gasteiger partial charge in [0.15, 0.2) is 11.5 Å². The van der Waals surface area contributed by atoms with Crippen LogP contribution in [0.15, 0.2) is 40.5 Å². The van der Waals surface area contributed by atoms with Gasteiger partial charge in [-0.3, -0.25) is 4.79 Å². The van der Waals surface area contributed by atoms with Gasteiger partial charge in [-0.1, -0.05) is 19.4 Å². The lowest BCUT2D eigenvalue weighted by Crippen LogP contribution is -2.32. The summed E-state index contributed by atoms with van der Waals surface area (Å²) in [4.78, 5) is 28.4. The van der Waals surface area contributed by atoms with Gasteiger partial charge >= 0.3 is 5.97 Å². The van der Waals surface area contributed by atoms with Gasteiger partial charge in [0.2, 0.25) is 5.88 Å². The number of hydrogen-bond acceptors (Lipinski definition) is 7. The van der Waals surface area contributed by atoms with Crippen LogP contribution in [0.3, 0.4) is 0 Å². The highest BCUT2D eigenvalue weighted by Gasteiger charge is 2.38. The average Bonchev–Trinajstić information content (AvgIpc) is 2.71. The van der Waals surface area contributed by atoms with E-state index in [9.17, 15) is 9.59 Å². The first-order valence-electron chi connectivity index (χ1n) is 9.18. The van der Waals surface area contributed by atoms with Crippen LogP contribution < -0.4 is 25.5 Å². The molecule has 0 saturated heterocycles. The Hall–Kier alpha value is -3.42. The zero-order valence-electron chi connectivity index (χ0n) is 16.8. The monoisotopic (exact) mass is 400 g/mol. The van der Waals surface area contributed by atoms with Crippen LogP contribution in [-0.2, 0) is 16.0 Å². The fourth-order valence-corrected chi connectivity index (χ4v) is 3.51. The molecule has 1 aliphatic heterocycles. The van der Waals surface area contributed by atoms with E-state index in [0.717, 1.165) is 12.1 Å². The Bertz CT molecular complexity index is 1020. The Morgan fingerprint density at radius 1 is 1.17 bits per heavy atom. The lowest BCUT2D eigenvalue weighted by molar-refractivity contribution is -0.136. The zero-order chi connectivity index (χ0) is 21.1. The van der Waals surface area contributed by atoms with Crippen molar-refractivity contribution >= 4 is 5.97 Å². The van der Waals surface area contributed by atoms with E-state index < -0.39 is 11.9 Å². The van der Waals surface area contributed by atoms with Gasteiger partial charge in [-0.05, 0) is 24.1 Å². The molecule has 3 rings (SSSR count). The van der Waals surface area contributed by atoms with Crippen molar-refractivity contribution < 1.29 is 23.7 Å². The van der Waals surface area contributed by atoms with E-state index >= 15 is 0 Å². The molecular weight excluding hydrogens is 376 g/mol. The smallest absolute Gasteiger partial charge is 0.340 e. The Balaban J connectivity index is 2.27. The van der Waals surface area contributed by atoms with Crippen LogP contribution >= 0.6 is 0 Å². The number of nitrogens with one attached hydrogen (secondary N) is 1.